The third-order valence-corrected chi connectivity index (χ3v) is 5.80. The maximum absolute atomic E-state index is 13.2. The fourth-order valence-corrected chi connectivity index (χ4v) is 3.95. The van der Waals surface area contributed by atoms with Crippen LogP contribution in [-0.4, -0.2) is 60.3 Å². The molecule has 1 heterocycles. The number of rotatable bonds is 4. The molecule has 1 aliphatic rings. The van der Waals surface area contributed by atoms with Gasteiger partial charge in [-0.2, -0.15) is 0 Å². The second-order valence-corrected chi connectivity index (χ2v) is 9.49. The molecule has 162 valence electrons. The average Bonchev–Trinajstić information content (AvgIpc) is 2.61. The van der Waals surface area contributed by atoms with Gasteiger partial charge in [-0.1, -0.05) is 32.4 Å². The third kappa shape index (κ3) is 7.76. The van der Waals surface area contributed by atoms with Crippen LogP contribution in [0.4, 0.5) is 0 Å². The molecule has 2 N–H and O–H groups in total. The van der Waals surface area contributed by atoms with Crippen LogP contribution < -0.4 is 10.6 Å². The molecule has 0 aromatic heterocycles. The van der Waals surface area contributed by atoms with Gasteiger partial charge in [0.05, 0.1) is 17.6 Å². The van der Waals surface area contributed by atoms with Crippen molar-refractivity contribution in [1.29, 1.82) is 0 Å². The van der Waals surface area contributed by atoms with Gasteiger partial charge >= 0.3 is 0 Å². The molecule has 5 heteroatoms. The van der Waals surface area contributed by atoms with Gasteiger partial charge in [0.1, 0.15) is 0 Å². The fraction of sp³-hybridized carbons (Fsp3) is 0.826. The SMILES string of the molecule is CC(C)N[C@]1(C)CCCC/C=C/CN(C)CC[C@@](C)(C(=O)C(C)C)NCC1=O. The highest BCUT2D eigenvalue weighted by Gasteiger charge is 2.38. The Hall–Kier alpha value is -1.04. The Morgan fingerprint density at radius 1 is 1.14 bits per heavy atom. The summed E-state index contributed by atoms with van der Waals surface area (Å²) in [5.74, 6) is 0.245. The lowest BCUT2D eigenvalue weighted by Gasteiger charge is -2.36. The molecule has 2 atom stereocenters. The van der Waals surface area contributed by atoms with Gasteiger partial charge < -0.3 is 10.2 Å². The lowest BCUT2D eigenvalue weighted by Crippen LogP contribution is -2.59. The summed E-state index contributed by atoms with van der Waals surface area (Å²) in [5, 5.41) is 6.85. The number of ketones is 2. The summed E-state index contributed by atoms with van der Waals surface area (Å²) >= 11 is 0. The first-order valence-corrected chi connectivity index (χ1v) is 10.9. The van der Waals surface area contributed by atoms with Crippen LogP contribution in [0.5, 0.6) is 0 Å². The largest absolute Gasteiger partial charge is 0.303 e. The zero-order valence-corrected chi connectivity index (χ0v) is 19.2. The van der Waals surface area contributed by atoms with E-state index < -0.39 is 11.1 Å². The lowest BCUT2D eigenvalue weighted by atomic mass is 9.84. The van der Waals surface area contributed by atoms with E-state index in [1.54, 1.807) is 0 Å². The molecule has 0 fully saturated rings. The van der Waals surface area contributed by atoms with Gasteiger partial charge in [-0.15, -0.1) is 0 Å². The molecule has 0 saturated heterocycles. The van der Waals surface area contributed by atoms with Crippen LogP contribution >= 0.6 is 0 Å². The third-order valence-electron chi connectivity index (χ3n) is 5.80. The summed E-state index contributed by atoms with van der Waals surface area (Å²) in [4.78, 5) is 28.4. The average molecular weight is 394 g/mol. The number of Topliss-reactive ketones (excluding diaryl/α,β-unsaturated/α-hetero) is 2. The number of carbonyl (C=O) groups excluding carboxylic acids is 2. The van der Waals surface area contributed by atoms with E-state index in [2.05, 4.69) is 48.6 Å². The molecule has 0 aromatic carbocycles. The molecular formula is C23H43N3O2. The summed E-state index contributed by atoms with van der Waals surface area (Å²) in [6, 6.07) is 0.230. The van der Waals surface area contributed by atoms with Crippen LogP contribution in [0, 0.1) is 5.92 Å². The van der Waals surface area contributed by atoms with Crippen molar-refractivity contribution in [1.82, 2.24) is 15.5 Å². The topological polar surface area (TPSA) is 61.4 Å². The van der Waals surface area contributed by atoms with E-state index in [4.69, 9.17) is 0 Å². The van der Waals surface area contributed by atoms with E-state index in [9.17, 15) is 9.59 Å². The first-order chi connectivity index (χ1) is 13.0. The van der Waals surface area contributed by atoms with Crippen molar-refractivity contribution in [3.8, 4) is 0 Å². The minimum absolute atomic E-state index is 0.0694. The van der Waals surface area contributed by atoms with Gasteiger partial charge in [-0.25, -0.2) is 0 Å². The van der Waals surface area contributed by atoms with Crippen molar-refractivity contribution in [2.24, 2.45) is 5.92 Å². The molecule has 0 radical (unpaired) electrons. The molecule has 0 spiro atoms. The van der Waals surface area contributed by atoms with Crippen molar-refractivity contribution in [2.75, 3.05) is 26.7 Å². The second-order valence-electron chi connectivity index (χ2n) is 9.49. The second kappa shape index (κ2) is 11.2. The molecule has 0 unspecified atom stereocenters. The number of nitrogens with one attached hydrogen (secondary N) is 2. The number of nitrogens with zero attached hydrogens (tertiary/aromatic N) is 1. The summed E-state index contributed by atoms with van der Waals surface area (Å²) in [5.41, 5.74) is -1.26. The first kappa shape index (κ1) is 25.0. The molecule has 0 aromatic rings. The van der Waals surface area contributed by atoms with E-state index in [0.29, 0.717) is 6.42 Å². The Morgan fingerprint density at radius 3 is 2.43 bits per heavy atom. The molecule has 0 aliphatic carbocycles. The van der Waals surface area contributed by atoms with E-state index in [-0.39, 0.29) is 30.1 Å². The minimum atomic E-state index is -0.694. The van der Waals surface area contributed by atoms with Gasteiger partial charge in [0.25, 0.3) is 0 Å². The Labute approximate surface area is 172 Å². The maximum Gasteiger partial charge on any atom is 0.166 e. The highest BCUT2D eigenvalue weighted by molar-refractivity contribution is 5.93. The summed E-state index contributed by atoms with van der Waals surface area (Å²) < 4.78 is 0. The van der Waals surface area contributed by atoms with E-state index in [1.807, 2.05) is 27.7 Å². The fourth-order valence-electron chi connectivity index (χ4n) is 3.95. The predicted molar refractivity (Wildman–Crippen MR) is 118 cm³/mol. The normalized spacial score (nSPS) is 30.8. The molecule has 1 rings (SSSR count). The smallest absolute Gasteiger partial charge is 0.166 e. The lowest BCUT2D eigenvalue weighted by molar-refractivity contribution is -0.129. The summed E-state index contributed by atoms with van der Waals surface area (Å²) in [6.07, 6.45) is 9.09. The van der Waals surface area contributed by atoms with Gasteiger partial charge in [0.15, 0.2) is 11.6 Å². The van der Waals surface area contributed by atoms with Crippen LogP contribution in [0.3, 0.4) is 0 Å². The van der Waals surface area contributed by atoms with Crippen LogP contribution in [0.25, 0.3) is 0 Å². The zero-order valence-electron chi connectivity index (χ0n) is 19.2. The summed E-state index contributed by atoms with van der Waals surface area (Å²) in [6.45, 7) is 13.9. The number of allylic oxidation sites excluding steroid dienone is 1. The Morgan fingerprint density at radius 2 is 1.82 bits per heavy atom. The Bertz CT molecular complexity index is 544. The molecule has 0 saturated carbocycles. The van der Waals surface area contributed by atoms with Crippen molar-refractivity contribution >= 4 is 11.6 Å². The highest BCUT2D eigenvalue weighted by Crippen LogP contribution is 2.21. The Balaban J connectivity index is 3.07. The molecule has 1 aliphatic heterocycles. The molecular weight excluding hydrogens is 350 g/mol. The first-order valence-electron chi connectivity index (χ1n) is 10.9. The molecule has 0 bridgehead atoms. The standard InChI is InChI=1S/C23H43N3O2/c1-18(2)21(28)23(6)14-16-26(7)15-12-10-8-9-11-13-22(5,25-19(3)4)20(27)17-24-23/h10,12,18-19,24-25H,8-9,11,13-17H2,1-7H3/b12-10+/t22-,23+/m1/s1. The molecule has 28 heavy (non-hydrogen) atoms. The number of hydrogen-bond acceptors (Lipinski definition) is 5. The number of likely N-dealkylation sites (N-methyl/N-ethyl adjacent to an activating group) is 1. The zero-order chi connectivity index (χ0) is 21.4. The van der Waals surface area contributed by atoms with Crippen molar-refractivity contribution in [2.45, 2.75) is 90.8 Å². The highest BCUT2D eigenvalue weighted by atomic mass is 16.1. The van der Waals surface area contributed by atoms with Gasteiger partial charge in [0, 0.05) is 25.0 Å². The number of carbonyl (C=O) groups is 2. The van der Waals surface area contributed by atoms with Crippen LogP contribution in [-0.2, 0) is 9.59 Å². The number of hydrogen-bond donors (Lipinski definition) is 2. The molecule has 0 amide bonds. The van der Waals surface area contributed by atoms with Crippen molar-refractivity contribution in [3.63, 3.8) is 0 Å². The van der Waals surface area contributed by atoms with E-state index in [1.165, 1.54) is 0 Å². The predicted octanol–water partition coefficient (Wildman–Crippen LogP) is 3.34. The van der Waals surface area contributed by atoms with Crippen molar-refractivity contribution < 1.29 is 9.59 Å². The van der Waals surface area contributed by atoms with Crippen LogP contribution in [0.15, 0.2) is 12.2 Å². The quantitative estimate of drug-likeness (QED) is 0.718. The van der Waals surface area contributed by atoms with Gasteiger partial charge in [-0.3, -0.25) is 14.9 Å². The van der Waals surface area contributed by atoms with Gasteiger partial charge in [-0.05, 0) is 60.4 Å². The monoisotopic (exact) mass is 393 g/mol. The van der Waals surface area contributed by atoms with Crippen molar-refractivity contribution in [3.05, 3.63) is 12.2 Å². The molecule has 5 nitrogen and oxygen atoms in total. The summed E-state index contributed by atoms with van der Waals surface area (Å²) in [7, 11) is 2.08. The van der Waals surface area contributed by atoms with Crippen LogP contribution in [0.1, 0.15) is 73.6 Å². The van der Waals surface area contributed by atoms with Gasteiger partial charge in [0.2, 0.25) is 0 Å². The van der Waals surface area contributed by atoms with E-state index >= 15 is 0 Å². The maximum atomic E-state index is 13.2. The minimum Gasteiger partial charge on any atom is -0.303 e. The Kier molecular flexibility index (Phi) is 10.0. The van der Waals surface area contributed by atoms with E-state index in [0.717, 1.165) is 38.8 Å². The van der Waals surface area contributed by atoms with Crippen LogP contribution in [0.2, 0.25) is 0 Å².